The number of nitrogens with one attached hydrogen (secondary N) is 1. The largest absolute Gasteiger partial charge is 0.336 e. The first-order valence-corrected chi connectivity index (χ1v) is 6.25. The van der Waals surface area contributed by atoms with Gasteiger partial charge < -0.3 is 4.90 Å². The average Bonchev–Trinajstić information content (AvgIpc) is 2.75. The number of aromatic nitrogens is 3. The summed E-state index contributed by atoms with van der Waals surface area (Å²) in [5.74, 6) is 1.45. The van der Waals surface area contributed by atoms with Gasteiger partial charge in [0.05, 0.1) is 0 Å². The highest BCUT2D eigenvalue weighted by Crippen LogP contribution is 2.27. The molecule has 1 aliphatic rings. The van der Waals surface area contributed by atoms with E-state index in [0.717, 1.165) is 6.42 Å². The molecule has 1 heterocycles. The van der Waals surface area contributed by atoms with Gasteiger partial charge in [-0.2, -0.15) is 0 Å². The lowest BCUT2D eigenvalue weighted by Gasteiger charge is -2.35. The van der Waals surface area contributed by atoms with Crippen LogP contribution in [0.25, 0.3) is 0 Å². The van der Waals surface area contributed by atoms with Crippen LogP contribution >= 0.6 is 0 Å². The van der Waals surface area contributed by atoms with E-state index < -0.39 is 0 Å². The predicted molar refractivity (Wildman–Crippen MR) is 64.6 cm³/mol. The number of H-pyrrole nitrogens is 1. The molecule has 1 aromatic rings. The lowest BCUT2D eigenvalue weighted by molar-refractivity contribution is 0.0617. The van der Waals surface area contributed by atoms with Gasteiger partial charge in [0.15, 0.2) is 0 Å². The molecule has 0 saturated heterocycles. The van der Waals surface area contributed by atoms with E-state index in [-0.39, 0.29) is 11.7 Å². The van der Waals surface area contributed by atoms with Crippen molar-refractivity contribution in [3.05, 3.63) is 11.6 Å². The van der Waals surface area contributed by atoms with Gasteiger partial charge in [-0.05, 0) is 25.7 Å². The van der Waals surface area contributed by atoms with E-state index in [9.17, 15) is 4.79 Å². The van der Waals surface area contributed by atoms with Gasteiger partial charge in [-0.25, -0.2) is 4.98 Å². The molecule has 1 amide bonds. The van der Waals surface area contributed by atoms with Gasteiger partial charge >= 0.3 is 0 Å². The van der Waals surface area contributed by atoms with Crippen LogP contribution in [0.2, 0.25) is 0 Å². The zero-order valence-electron chi connectivity index (χ0n) is 10.7. The Kier molecular flexibility index (Phi) is 3.45. The second kappa shape index (κ2) is 4.85. The molecular formula is C12H20N4O. The van der Waals surface area contributed by atoms with Crippen LogP contribution in [-0.4, -0.2) is 39.1 Å². The monoisotopic (exact) mass is 236 g/mol. The maximum absolute atomic E-state index is 12.2. The maximum Gasteiger partial charge on any atom is 0.293 e. The van der Waals surface area contributed by atoms with E-state index in [1.807, 2.05) is 11.9 Å². The van der Waals surface area contributed by atoms with Crippen LogP contribution in [0.1, 0.15) is 49.1 Å². The van der Waals surface area contributed by atoms with Gasteiger partial charge in [0.25, 0.3) is 5.91 Å². The number of aromatic amines is 1. The topological polar surface area (TPSA) is 61.9 Å². The summed E-state index contributed by atoms with van der Waals surface area (Å²) in [5.41, 5.74) is 0. The molecule has 1 N–H and O–H groups in total. The van der Waals surface area contributed by atoms with Crippen molar-refractivity contribution < 1.29 is 4.79 Å². The molecule has 0 bridgehead atoms. The van der Waals surface area contributed by atoms with Crippen molar-refractivity contribution in [1.29, 1.82) is 0 Å². The highest BCUT2D eigenvalue weighted by Gasteiger charge is 2.29. The summed E-state index contributed by atoms with van der Waals surface area (Å²) in [6, 6.07) is 0.329. The Morgan fingerprint density at radius 3 is 2.71 bits per heavy atom. The molecule has 0 aromatic carbocycles. The first kappa shape index (κ1) is 12.1. The average molecular weight is 236 g/mol. The number of aryl methyl sites for hydroxylation is 1. The van der Waals surface area contributed by atoms with E-state index in [1.54, 1.807) is 6.92 Å². The second-order valence-corrected chi connectivity index (χ2v) is 4.99. The summed E-state index contributed by atoms with van der Waals surface area (Å²) in [5, 5.41) is 6.64. The van der Waals surface area contributed by atoms with Gasteiger partial charge in [-0.3, -0.25) is 9.89 Å². The SMILES string of the molecule is Cc1nc(C(=O)N(C)C2CCCCC2C)n[nH]1. The fourth-order valence-corrected chi connectivity index (χ4v) is 2.62. The third-order valence-corrected chi connectivity index (χ3v) is 3.67. The molecule has 1 fully saturated rings. The molecule has 2 rings (SSSR count). The molecule has 1 aromatic heterocycles. The number of rotatable bonds is 2. The third-order valence-electron chi connectivity index (χ3n) is 3.67. The van der Waals surface area contributed by atoms with E-state index in [4.69, 9.17) is 0 Å². The molecule has 5 heteroatoms. The van der Waals surface area contributed by atoms with Crippen LogP contribution in [0.4, 0.5) is 0 Å². The smallest absolute Gasteiger partial charge is 0.293 e. The molecule has 0 radical (unpaired) electrons. The van der Waals surface area contributed by atoms with Crippen molar-refractivity contribution in [2.45, 2.75) is 45.6 Å². The molecule has 0 aliphatic heterocycles. The zero-order chi connectivity index (χ0) is 12.4. The van der Waals surface area contributed by atoms with Crippen LogP contribution in [0.3, 0.4) is 0 Å². The summed E-state index contributed by atoms with van der Waals surface area (Å²) in [6.07, 6.45) is 4.78. The summed E-state index contributed by atoms with van der Waals surface area (Å²) < 4.78 is 0. The van der Waals surface area contributed by atoms with Crippen LogP contribution in [0.5, 0.6) is 0 Å². The molecule has 5 nitrogen and oxygen atoms in total. The Balaban J connectivity index is 2.08. The normalized spacial score (nSPS) is 24.6. The molecule has 2 unspecified atom stereocenters. The van der Waals surface area contributed by atoms with Crippen molar-refractivity contribution >= 4 is 5.91 Å². The third kappa shape index (κ3) is 2.48. The number of carbonyl (C=O) groups is 1. The van der Waals surface area contributed by atoms with Crippen molar-refractivity contribution in [3.8, 4) is 0 Å². The van der Waals surface area contributed by atoms with Crippen molar-refractivity contribution in [2.75, 3.05) is 7.05 Å². The van der Waals surface area contributed by atoms with Crippen molar-refractivity contribution in [3.63, 3.8) is 0 Å². The minimum atomic E-state index is -0.0758. The second-order valence-electron chi connectivity index (χ2n) is 4.99. The summed E-state index contributed by atoms with van der Waals surface area (Å²) in [4.78, 5) is 18.1. The fourth-order valence-electron chi connectivity index (χ4n) is 2.62. The van der Waals surface area contributed by atoms with Gasteiger partial charge in [0.2, 0.25) is 5.82 Å². The molecule has 0 spiro atoms. The van der Waals surface area contributed by atoms with E-state index in [0.29, 0.717) is 17.8 Å². The predicted octanol–water partition coefficient (Wildman–Crippen LogP) is 1.76. The molecular weight excluding hydrogens is 216 g/mol. The number of hydrogen-bond acceptors (Lipinski definition) is 3. The Labute approximate surface area is 102 Å². The highest BCUT2D eigenvalue weighted by atomic mass is 16.2. The van der Waals surface area contributed by atoms with E-state index in [1.165, 1.54) is 19.3 Å². The molecule has 1 aliphatic carbocycles. The molecule has 1 saturated carbocycles. The number of nitrogens with zero attached hydrogens (tertiary/aromatic N) is 3. The van der Waals surface area contributed by atoms with Gasteiger partial charge in [-0.1, -0.05) is 19.8 Å². The Hall–Kier alpha value is -1.39. The fraction of sp³-hybridized carbons (Fsp3) is 0.750. The van der Waals surface area contributed by atoms with Crippen molar-refractivity contribution in [1.82, 2.24) is 20.1 Å². The van der Waals surface area contributed by atoms with Gasteiger partial charge in [-0.15, -0.1) is 5.10 Å². The number of hydrogen-bond donors (Lipinski definition) is 1. The molecule has 17 heavy (non-hydrogen) atoms. The minimum absolute atomic E-state index is 0.0758. The van der Waals surface area contributed by atoms with Crippen molar-refractivity contribution in [2.24, 2.45) is 5.92 Å². The van der Waals surface area contributed by atoms with E-state index >= 15 is 0 Å². The van der Waals surface area contributed by atoms with Gasteiger partial charge in [0.1, 0.15) is 5.82 Å². The van der Waals surface area contributed by atoms with E-state index in [2.05, 4.69) is 22.1 Å². The highest BCUT2D eigenvalue weighted by molar-refractivity contribution is 5.90. The van der Waals surface area contributed by atoms with Crippen LogP contribution in [0, 0.1) is 12.8 Å². The Morgan fingerprint density at radius 2 is 2.12 bits per heavy atom. The van der Waals surface area contributed by atoms with Crippen LogP contribution in [-0.2, 0) is 0 Å². The number of carbonyl (C=O) groups excluding carboxylic acids is 1. The first-order valence-electron chi connectivity index (χ1n) is 6.25. The molecule has 94 valence electrons. The van der Waals surface area contributed by atoms with Crippen LogP contribution in [0.15, 0.2) is 0 Å². The molecule has 2 atom stereocenters. The van der Waals surface area contributed by atoms with Gasteiger partial charge in [0, 0.05) is 13.1 Å². The quantitative estimate of drug-likeness (QED) is 0.851. The Bertz CT molecular complexity index is 401. The lowest BCUT2D eigenvalue weighted by Crippen LogP contribution is -2.43. The summed E-state index contributed by atoms with van der Waals surface area (Å²) >= 11 is 0. The van der Waals surface area contributed by atoms with Crippen LogP contribution < -0.4 is 0 Å². The first-order chi connectivity index (χ1) is 8.09. The summed E-state index contributed by atoms with van der Waals surface area (Å²) in [7, 11) is 1.86. The minimum Gasteiger partial charge on any atom is -0.336 e. The zero-order valence-corrected chi connectivity index (χ0v) is 10.7. The standard InChI is InChI=1S/C12H20N4O/c1-8-6-4-5-7-10(8)16(3)12(17)11-13-9(2)14-15-11/h8,10H,4-7H2,1-3H3,(H,13,14,15). The number of amides is 1. The lowest BCUT2D eigenvalue weighted by atomic mass is 9.85. The summed E-state index contributed by atoms with van der Waals surface area (Å²) in [6.45, 7) is 4.02. The Morgan fingerprint density at radius 1 is 1.41 bits per heavy atom. The maximum atomic E-state index is 12.2.